The molecule has 2 aromatic heterocycles. The summed E-state index contributed by atoms with van der Waals surface area (Å²) in [7, 11) is 0. The van der Waals surface area contributed by atoms with Gasteiger partial charge in [0.15, 0.2) is 11.6 Å². The minimum atomic E-state index is 0.690. The van der Waals surface area contributed by atoms with Crippen molar-refractivity contribution in [2.24, 2.45) is 0 Å². The van der Waals surface area contributed by atoms with E-state index < -0.39 is 0 Å². The third-order valence-corrected chi connectivity index (χ3v) is 9.04. The van der Waals surface area contributed by atoms with E-state index in [1.807, 2.05) is 22.9 Å². The van der Waals surface area contributed by atoms with E-state index in [0.29, 0.717) is 5.82 Å². The second-order valence-electron chi connectivity index (χ2n) is 11.9. The van der Waals surface area contributed by atoms with E-state index >= 15 is 0 Å². The Labute approximate surface area is 278 Å². The van der Waals surface area contributed by atoms with Gasteiger partial charge < -0.3 is 4.57 Å². The van der Waals surface area contributed by atoms with Crippen molar-refractivity contribution in [2.75, 3.05) is 0 Å². The summed E-state index contributed by atoms with van der Waals surface area (Å²) in [5, 5.41) is 7.55. The van der Waals surface area contributed by atoms with Gasteiger partial charge >= 0.3 is 0 Å². The summed E-state index contributed by atoms with van der Waals surface area (Å²) in [6, 6.07) is 63.7. The molecule has 48 heavy (non-hydrogen) atoms. The maximum Gasteiger partial charge on any atom is 0.182 e. The number of nitrogens with zero attached hydrogens (tertiary/aromatic N) is 4. The quantitative estimate of drug-likeness (QED) is 0.187. The van der Waals surface area contributed by atoms with Gasteiger partial charge in [-0.05, 0) is 58.7 Å². The Balaban J connectivity index is 1.13. The Kier molecular flexibility index (Phi) is 6.76. The third-order valence-electron chi connectivity index (χ3n) is 9.04. The SMILES string of the molecule is c1ccc(-c2nc(-c3ccc(-c4ccccc4-c4ccccc4)cc3)n(-c3ccc(-n4c5ccccc5c5ccccc54)cc3)n2)cc1. The largest absolute Gasteiger partial charge is 0.309 e. The molecule has 4 heteroatoms. The van der Waals surface area contributed by atoms with Crippen LogP contribution in [0.1, 0.15) is 0 Å². The highest BCUT2D eigenvalue weighted by Crippen LogP contribution is 2.35. The molecule has 226 valence electrons. The highest BCUT2D eigenvalue weighted by Gasteiger charge is 2.17. The van der Waals surface area contributed by atoms with Crippen LogP contribution in [-0.2, 0) is 0 Å². The second kappa shape index (κ2) is 11.7. The van der Waals surface area contributed by atoms with Crippen LogP contribution in [-0.4, -0.2) is 19.3 Å². The third kappa shape index (κ3) is 4.79. The molecule has 0 saturated carbocycles. The predicted octanol–water partition coefficient (Wildman–Crippen LogP) is 11.0. The predicted molar refractivity (Wildman–Crippen MR) is 197 cm³/mol. The van der Waals surface area contributed by atoms with Gasteiger partial charge in [-0.25, -0.2) is 9.67 Å². The average Bonchev–Trinajstić information content (AvgIpc) is 3.76. The monoisotopic (exact) mass is 614 g/mol. The van der Waals surface area contributed by atoms with Crippen LogP contribution in [0.15, 0.2) is 182 Å². The molecule has 0 spiro atoms. The fraction of sp³-hybridized carbons (Fsp3) is 0. The van der Waals surface area contributed by atoms with Gasteiger partial charge in [-0.3, -0.25) is 0 Å². The maximum absolute atomic E-state index is 5.10. The van der Waals surface area contributed by atoms with Gasteiger partial charge in [0.2, 0.25) is 0 Å². The van der Waals surface area contributed by atoms with Gasteiger partial charge in [-0.1, -0.05) is 146 Å². The molecule has 0 unspecified atom stereocenters. The van der Waals surface area contributed by atoms with Crippen LogP contribution in [0, 0.1) is 0 Å². The lowest BCUT2D eigenvalue weighted by atomic mass is 9.94. The van der Waals surface area contributed by atoms with Crippen LogP contribution in [0.3, 0.4) is 0 Å². The van der Waals surface area contributed by atoms with Crippen molar-refractivity contribution in [3.63, 3.8) is 0 Å². The van der Waals surface area contributed by atoms with Gasteiger partial charge in [-0.2, -0.15) is 0 Å². The van der Waals surface area contributed by atoms with Crippen molar-refractivity contribution >= 4 is 21.8 Å². The summed E-state index contributed by atoms with van der Waals surface area (Å²) in [4.78, 5) is 5.10. The van der Waals surface area contributed by atoms with Crippen molar-refractivity contribution < 1.29 is 0 Å². The molecule has 7 aromatic carbocycles. The van der Waals surface area contributed by atoms with Crippen LogP contribution in [0.5, 0.6) is 0 Å². The van der Waals surface area contributed by atoms with Crippen molar-refractivity contribution in [1.82, 2.24) is 19.3 Å². The lowest BCUT2D eigenvalue weighted by Gasteiger charge is -2.12. The van der Waals surface area contributed by atoms with E-state index in [1.165, 1.54) is 38.5 Å². The van der Waals surface area contributed by atoms with Crippen LogP contribution >= 0.6 is 0 Å². The van der Waals surface area contributed by atoms with Crippen LogP contribution in [0.2, 0.25) is 0 Å². The molecule has 0 atom stereocenters. The summed E-state index contributed by atoms with van der Waals surface area (Å²) in [5.41, 5.74) is 11.2. The molecular weight excluding hydrogens is 585 g/mol. The normalized spacial score (nSPS) is 11.3. The molecule has 0 aliphatic carbocycles. The van der Waals surface area contributed by atoms with Crippen molar-refractivity contribution in [2.45, 2.75) is 0 Å². The molecule has 9 rings (SSSR count). The van der Waals surface area contributed by atoms with Crippen molar-refractivity contribution in [1.29, 1.82) is 0 Å². The summed E-state index contributed by atoms with van der Waals surface area (Å²) < 4.78 is 4.29. The van der Waals surface area contributed by atoms with E-state index in [9.17, 15) is 0 Å². The molecule has 0 aliphatic rings. The molecule has 0 amide bonds. The Morgan fingerprint density at radius 3 is 1.42 bits per heavy atom. The van der Waals surface area contributed by atoms with Crippen LogP contribution < -0.4 is 0 Å². The standard InChI is InChI=1S/C44H30N4/c1-3-13-31(14-4-1)37-17-7-8-18-38(37)32-23-25-34(26-24-32)44-45-43(33-15-5-2-6-16-33)46-48(44)36-29-27-35(28-30-36)47-41-21-11-9-19-39(41)40-20-10-12-22-42(40)47/h1-30H. The fourth-order valence-corrected chi connectivity index (χ4v) is 6.74. The molecule has 2 heterocycles. The lowest BCUT2D eigenvalue weighted by Crippen LogP contribution is -2.01. The number of aromatic nitrogens is 4. The Bertz CT molecular complexity index is 2470. The minimum Gasteiger partial charge on any atom is -0.309 e. The van der Waals surface area contributed by atoms with Gasteiger partial charge in [0.25, 0.3) is 0 Å². The molecule has 0 saturated heterocycles. The van der Waals surface area contributed by atoms with Gasteiger partial charge in [0.1, 0.15) is 0 Å². The number of rotatable bonds is 6. The molecule has 4 nitrogen and oxygen atoms in total. The molecule has 9 aromatic rings. The van der Waals surface area contributed by atoms with Crippen LogP contribution in [0.4, 0.5) is 0 Å². The molecule has 0 N–H and O–H groups in total. The maximum atomic E-state index is 5.10. The van der Waals surface area contributed by atoms with E-state index in [1.54, 1.807) is 0 Å². The summed E-state index contributed by atoms with van der Waals surface area (Å²) in [6.07, 6.45) is 0. The first-order chi connectivity index (χ1) is 23.8. The Morgan fingerprint density at radius 2 is 0.812 bits per heavy atom. The summed E-state index contributed by atoms with van der Waals surface area (Å²) in [5.74, 6) is 1.48. The smallest absolute Gasteiger partial charge is 0.182 e. The topological polar surface area (TPSA) is 35.6 Å². The zero-order valence-corrected chi connectivity index (χ0v) is 26.1. The molecule has 0 aliphatic heterocycles. The molecule has 0 radical (unpaired) electrons. The minimum absolute atomic E-state index is 0.690. The van der Waals surface area contributed by atoms with E-state index in [0.717, 1.165) is 33.9 Å². The van der Waals surface area contributed by atoms with Crippen molar-refractivity contribution in [3.05, 3.63) is 182 Å². The van der Waals surface area contributed by atoms with Crippen molar-refractivity contribution in [3.8, 4) is 56.4 Å². The van der Waals surface area contributed by atoms with Crippen LogP contribution in [0.25, 0.3) is 78.2 Å². The van der Waals surface area contributed by atoms with E-state index in [-0.39, 0.29) is 0 Å². The van der Waals surface area contributed by atoms with E-state index in [4.69, 9.17) is 10.1 Å². The van der Waals surface area contributed by atoms with Gasteiger partial charge in [-0.15, -0.1) is 5.10 Å². The molecule has 0 fully saturated rings. The number of fused-ring (bicyclic) bond motifs is 3. The lowest BCUT2D eigenvalue weighted by molar-refractivity contribution is 0.889. The first-order valence-corrected chi connectivity index (χ1v) is 16.2. The molecule has 0 bridgehead atoms. The highest BCUT2D eigenvalue weighted by atomic mass is 15.4. The average molecular weight is 615 g/mol. The zero-order chi connectivity index (χ0) is 31.9. The zero-order valence-electron chi connectivity index (χ0n) is 26.1. The Hall–Kier alpha value is -6.52. The second-order valence-corrected chi connectivity index (χ2v) is 11.9. The number of hydrogen-bond donors (Lipinski definition) is 0. The number of hydrogen-bond acceptors (Lipinski definition) is 2. The summed E-state index contributed by atoms with van der Waals surface area (Å²) in [6.45, 7) is 0. The van der Waals surface area contributed by atoms with E-state index in [2.05, 4.69) is 168 Å². The number of benzene rings is 7. The summed E-state index contributed by atoms with van der Waals surface area (Å²) >= 11 is 0. The Morgan fingerprint density at radius 1 is 0.354 bits per heavy atom. The fourth-order valence-electron chi connectivity index (χ4n) is 6.74. The first kappa shape index (κ1) is 27.8. The van der Waals surface area contributed by atoms with Gasteiger partial charge in [0, 0.05) is 27.6 Å². The van der Waals surface area contributed by atoms with Gasteiger partial charge in [0.05, 0.1) is 16.7 Å². The molecular formula is C44H30N4. The number of para-hydroxylation sites is 2. The highest BCUT2D eigenvalue weighted by molar-refractivity contribution is 6.09. The first-order valence-electron chi connectivity index (χ1n) is 16.2.